The highest BCUT2D eigenvalue weighted by molar-refractivity contribution is 7.89. The maximum Gasteiger partial charge on any atom is 0.240 e. The van der Waals surface area contributed by atoms with E-state index in [2.05, 4.69) is 12.2 Å². The molecule has 5 heteroatoms. The van der Waals surface area contributed by atoms with E-state index in [-0.39, 0.29) is 4.90 Å². The van der Waals surface area contributed by atoms with E-state index in [4.69, 9.17) is 5.14 Å². The van der Waals surface area contributed by atoms with Gasteiger partial charge in [0.1, 0.15) is 4.90 Å². The van der Waals surface area contributed by atoms with Crippen LogP contribution in [0.5, 0.6) is 0 Å². The third-order valence-corrected chi connectivity index (χ3v) is 4.98. The predicted molar refractivity (Wildman–Crippen MR) is 72.9 cm³/mol. The van der Waals surface area contributed by atoms with Crippen molar-refractivity contribution in [3.8, 4) is 0 Å². The van der Waals surface area contributed by atoms with Crippen LogP contribution in [0.15, 0.2) is 29.2 Å². The zero-order valence-electron chi connectivity index (χ0n) is 10.6. The molecular formula is C13H20N2O2S. The lowest BCUT2D eigenvalue weighted by atomic mass is 9.67. The van der Waals surface area contributed by atoms with Crippen LogP contribution in [-0.4, -0.2) is 15.0 Å². The van der Waals surface area contributed by atoms with Gasteiger partial charge in [0.05, 0.1) is 5.69 Å². The standard InChI is InChI=1S/C13H20N2O2S/c1-2-13(8-5-9-13)10-15-11-6-3-4-7-12(11)18(14,16)17/h3-4,6-7,15H,2,5,8-10H2,1H3,(H2,14,16,17). The quantitative estimate of drug-likeness (QED) is 0.861. The van der Waals surface area contributed by atoms with Gasteiger partial charge >= 0.3 is 0 Å². The monoisotopic (exact) mass is 268 g/mol. The van der Waals surface area contributed by atoms with E-state index in [1.807, 2.05) is 6.07 Å². The number of rotatable bonds is 5. The normalized spacial score (nSPS) is 18.1. The van der Waals surface area contributed by atoms with E-state index < -0.39 is 10.0 Å². The molecule has 1 saturated carbocycles. The first-order valence-corrected chi connectivity index (χ1v) is 7.87. The van der Waals surface area contributed by atoms with Gasteiger partial charge in [-0.25, -0.2) is 13.6 Å². The van der Waals surface area contributed by atoms with Gasteiger partial charge in [-0.05, 0) is 36.8 Å². The molecule has 0 amide bonds. The van der Waals surface area contributed by atoms with Gasteiger partial charge in [0.25, 0.3) is 0 Å². The number of primary sulfonamides is 1. The minimum atomic E-state index is -3.66. The van der Waals surface area contributed by atoms with Gasteiger partial charge in [-0.3, -0.25) is 0 Å². The molecule has 18 heavy (non-hydrogen) atoms. The van der Waals surface area contributed by atoms with Crippen LogP contribution in [0.1, 0.15) is 32.6 Å². The van der Waals surface area contributed by atoms with E-state index in [1.54, 1.807) is 12.1 Å². The van der Waals surface area contributed by atoms with Crippen molar-refractivity contribution in [1.82, 2.24) is 0 Å². The summed E-state index contributed by atoms with van der Waals surface area (Å²) in [6.45, 7) is 3.00. The summed E-state index contributed by atoms with van der Waals surface area (Å²) < 4.78 is 22.9. The van der Waals surface area contributed by atoms with E-state index >= 15 is 0 Å². The van der Waals surface area contributed by atoms with Crippen LogP contribution in [0, 0.1) is 5.41 Å². The summed E-state index contributed by atoms with van der Waals surface area (Å²) >= 11 is 0. The van der Waals surface area contributed by atoms with Crippen LogP contribution < -0.4 is 10.5 Å². The first-order valence-electron chi connectivity index (χ1n) is 6.33. The fourth-order valence-corrected chi connectivity index (χ4v) is 3.19. The van der Waals surface area contributed by atoms with Gasteiger partial charge in [-0.1, -0.05) is 25.5 Å². The second-order valence-corrected chi connectivity index (χ2v) is 6.63. The minimum Gasteiger partial charge on any atom is -0.383 e. The summed E-state index contributed by atoms with van der Waals surface area (Å²) in [5, 5.41) is 8.46. The van der Waals surface area contributed by atoms with Crippen molar-refractivity contribution in [2.24, 2.45) is 10.6 Å². The molecule has 0 spiro atoms. The molecule has 0 atom stereocenters. The summed E-state index contributed by atoms with van der Waals surface area (Å²) in [5.41, 5.74) is 0.950. The van der Waals surface area contributed by atoms with Crippen molar-refractivity contribution in [3.05, 3.63) is 24.3 Å². The lowest BCUT2D eigenvalue weighted by Gasteiger charge is -2.41. The van der Waals surface area contributed by atoms with E-state index in [0.717, 1.165) is 13.0 Å². The Morgan fingerprint density at radius 2 is 2.00 bits per heavy atom. The predicted octanol–water partition coefficient (Wildman–Crippen LogP) is 2.33. The van der Waals surface area contributed by atoms with Gasteiger partial charge in [-0.15, -0.1) is 0 Å². The Bertz CT molecular complexity index is 516. The minimum absolute atomic E-state index is 0.176. The lowest BCUT2D eigenvalue weighted by molar-refractivity contribution is 0.145. The van der Waals surface area contributed by atoms with Crippen LogP contribution in [0.4, 0.5) is 5.69 Å². The molecule has 0 heterocycles. The maximum atomic E-state index is 11.5. The van der Waals surface area contributed by atoms with Crippen molar-refractivity contribution >= 4 is 15.7 Å². The number of benzene rings is 1. The van der Waals surface area contributed by atoms with Gasteiger partial charge in [0.15, 0.2) is 0 Å². The molecule has 0 radical (unpaired) electrons. The zero-order valence-corrected chi connectivity index (χ0v) is 11.5. The number of nitrogens with two attached hydrogens (primary N) is 1. The van der Waals surface area contributed by atoms with Gasteiger partial charge in [0, 0.05) is 6.54 Å². The molecule has 0 unspecified atom stereocenters. The first-order chi connectivity index (χ1) is 8.47. The Balaban J connectivity index is 2.15. The molecule has 1 aliphatic rings. The zero-order chi connectivity index (χ0) is 13.2. The molecule has 0 bridgehead atoms. The van der Waals surface area contributed by atoms with Crippen LogP contribution in [0.3, 0.4) is 0 Å². The highest BCUT2D eigenvalue weighted by Gasteiger charge is 2.34. The molecule has 1 aromatic rings. The van der Waals surface area contributed by atoms with Crippen molar-refractivity contribution in [1.29, 1.82) is 0 Å². The Morgan fingerprint density at radius 3 is 2.50 bits per heavy atom. The largest absolute Gasteiger partial charge is 0.383 e. The molecule has 0 aliphatic heterocycles. The number of hydrogen-bond donors (Lipinski definition) is 2. The smallest absolute Gasteiger partial charge is 0.240 e. The topological polar surface area (TPSA) is 72.2 Å². The molecular weight excluding hydrogens is 248 g/mol. The van der Waals surface area contributed by atoms with Crippen molar-refractivity contribution in [2.75, 3.05) is 11.9 Å². The summed E-state index contributed by atoms with van der Waals surface area (Å²) in [4.78, 5) is 0.176. The van der Waals surface area contributed by atoms with Gasteiger partial charge in [-0.2, -0.15) is 0 Å². The first kappa shape index (κ1) is 13.4. The van der Waals surface area contributed by atoms with Crippen molar-refractivity contribution < 1.29 is 8.42 Å². The molecule has 1 fully saturated rings. The number of sulfonamides is 1. The Hall–Kier alpha value is -1.07. The molecule has 100 valence electrons. The van der Waals surface area contributed by atoms with E-state index in [0.29, 0.717) is 11.1 Å². The van der Waals surface area contributed by atoms with E-state index in [1.165, 1.54) is 25.3 Å². The van der Waals surface area contributed by atoms with E-state index in [9.17, 15) is 8.42 Å². The highest BCUT2D eigenvalue weighted by Crippen LogP contribution is 2.43. The molecule has 4 nitrogen and oxygen atoms in total. The average molecular weight is 268 g/mol. The molecule has 0 saturated heterocycles. The SMILES string of the molecule is CCC1(CNc2ccccc2S(N)(=O)=O)CCC1. The molecule has 1 aromatic carbocycles. The Labute approximate surface area is 109 Å². The fourth-order valence-electron chi connectivity index (χ4n) is 2.48. The van der Waals surface area contributed by atoms with Crippen molar-refractivity contribution in [2.45, 2.75) is 37.5 Å². The van der Waals surface area contributed by atoms with Gasteiger partial charge in [0.2, 0.25) is 10.0 Å². The second kappa shape index (κ2) is 4.90. The van der Waals surface area contributed by atoms with Crippen molar-refractivity contribution in [3.63, 3.8) is 0 Å². The third kappa shape index (κ3) is 2.67. The fraction of sp³-hybridized carbons (Fsp3) is 0.538. The molecule has 2 rings (SSSR count). The third-order valence-electron chi connectivity index (χ3n) is 4.01. The number of hydrogen-bond acceptors (Lipinski definition) is 3. The van der Waals surface area contributed by atoms with Crippen LogP contribution in [0.2, 0.25) is 0 Å². The molecule has 3 N–H and O–H groups in total. The number of anilines is 1. The Kier molecular flexibility index (Phi) is 3.64. The van der Waals surface area contributed by atoms with Gasteiger partial charge < -0.3 is 5.32 Å². The number of para-hydroxylation sites is 1. The summed E-state index contributed by atoms with van der Waals surface area (Å²) in [5.74, 6) is 0. The second-order valence-electron chi connectivity index (χ2n) is 5.10. The average Bonchev–Trinajstić information content (AvgIpc) is 2.27. The summed E-state index contributed by atoms with van der Waals surface area (Å²) in [6.07, 6.45) is 4.83. The lowest BCUT2D eigenvalue weighted by Crippen LogP contribution is -2.36. The van der Waals surface area contributed by atoms with Crippen LogP contribution >= 0.6 is 0 Å². The molecule has 0 aromatic heterocycles. The van der Waals surface area contributed by atoms with Crippen LogP contribution in [-0.2, 0) is 10.0 Å². The Morgan fingerprint density at radius 1 is 1.33 bits per heavy atom. The summed E-state index contributed by atoms with van der Waals surface area (Å²) in [6, 6.07) is 6.80. The highest BCUT2D eigenvalue weighted by atomic mass is 32.2. The van der Waals surface area contributed by atoms with Crippen LogP contribution in [0.25, 0.3) is 0 Å². The summed E-state index contributed by atoms with van der Waals surface area (Å²) in [7, 11) is -3.66. The number of nitrogens with one attached hydrogen (secondary N) is 1. The maximum absolute atomic E-state index is 11.5. The molecule has 1 aliphatic carbocycles.